The lowest BCUT2D eigenvalue weighted by Gasteiger charge is -2.04. The minimum absolute atomic E-state index is 0.111. The average Bonchev–Trinajstić information content (AvgIpc) is 2.65. The summed E-state index contributed by atoms with van der Waals surface area (Å²) in [5.41, 5.74) is 2.63. The molecule has 0 aliphatic rings. The van der Waals surface area contributed by atoms with Crippen LogP contribution >= 0.6 is 22.9 Å². The van der Waals surface area contributed by atoms with Gasteiger partial charge >= 0.3 is 0 Å². The van der Waals surface area contributed by atoms with Gasteiger partial charge in [0.1, 0.15) is 5.15 Å². The molecule has 0 aliphatic heterocycles. The second-order valence-electron chi connectivity index (χ2n) is 4.14. The third-order valence-corrected chi connectivity index (χ3v) is 4.21. The van der Waals surface area contributed by atoms with Crippen molar-refractivity contribution in [3.8, 4) is 0 Å². The lowest BCUT2D eigenvalue weighted by atomic mass is 10.2. The van der Waals surface area contributed by atoms with Gasteiger partial charge in [-0.15, -0.1) is 11.3 Å². The van der Waals surface area contributed by atoms with E-state index in [1.54, 1.807) is 12.3 Å². The summed E-state index contributed by atoms with van der Waals surface area (Å²) in [7, 11) is 0. The van der Waals surface area contributed by atoms with Crippen LogP contribution in [0.3, 0.4) is 0 Å². The molecule has 0 saturated carbocycles. The van der Waals surface area contributed by atoms with Gasteiger partial charge in [0, 0.05) is 4.88 Å². The Morgan fingerprint density at radius 1 is 1.28 bits per heavy atom. The maximum atomic E-state index is 12.0. The lowest BCUT2D eigenvalue weighted by molar-refractivity contribution is 0.103. The van der Waals surface area contributed by atoms with Crippen LogP contribution in [0.15, 0.2) is 18.3 Å². The van der Waals surface area contributed by atoms with Crippen molar-refractivity contribution in [2.75, 3.05) is 5.32 Å². The normalized spacial score (nSPS) is 10.4. The zero-order valence-corrected chi connectivity index (χ0v) is 11.9. The number of rotatable bonds is 2. The van der Waals surface area contributed by atoms with E-state index in [1.165, 1.54) is 11.3 Å². The first-order chi connectivity index (χ1) is 8.47. The van der Waals surface area contributed by atoms with Gasteiger partial charge in [0.2, 0.25) is 0 Å². The van der Waals surface area contributed by atoms with Crippen LogP contribution < -0.4 is 5.32 Å². The van der Waals surface area contributed by atoms with Crippen LogP contribution in [0.2, 0.25) is 5.15 Å². The van der Waals surface area contributed by atoms with Crippen molar-refractivity contribution in [2.24, 2.45) is 0 Å². The summed E-state index contributed by atoms with van der Waals surface area (Å²) >= 11 is 7.33. The second kappa shape index (κ2) is 5.08. The maximum Gasteiger partial charge on any atom is 0.265 e. The fourth-order valence-electron chi connectivity index (χ4n) is 1.50. The first-order valence-electron chi connectivity index (χ1n) is 5.48. The van der Waals surface area contributed by atoms with Gasteiger partial charge in [0.15, 0.2) is 0 Å². The molecule has 2 rings (SSSR count). The van der Waals surface area contributed by atoms with Gasteiger partial charge in [0.05, 0.1) is 16.8 Å². The molecule has 0 atom stereocenters. The molecular weight excluding hydrogens is 268 g/mol. The van der Waals surface area contributed by atoms with E-state index in [9.17, 15) is 4.79 Å². The molecule has 2 heterocycles. The molecule has 0 spiro atoms. The summed E-state index contributed by atoms with van der Waals surface area (Å²) in [4.78, 5) is 17.9. The molecular formula is C13H13ClN2OS. The third kappa shape index (κ3) is 2.71. The second-order valence-corrected chi connectivity index (χ2v) is 5.75. The lowest BCUT2D eigenvalue weighted by Crippen LogP contribution is -2.10. The Hall–Kier alpha value is -1.39. The van der Waals surface area contributed by atoms with Crippen LogP contribution in [-0.4, -0.2) is 10.9 Å². The molecule has 18 heavy (non-hydrogen) atoms. The zero-order chi connectivity index (χ0) is 13.3. The topological polar surface area (TPSA) is 42.0 Å². The highest BCUT2D eigenvalue weighted by atomic mass is 35.5. The molecule has 0 fully saturated rings. The highest BCUT2D eigenvalue weighted by molar-refractivity contribution is 7.14. The number of hydrogen-bond acceptors (Lipinski definition) is 3. The van der Waals surface area contributed by atoms with E-state index >= 15 is 0 Å². The molecule has 1 N–H and O–H groups in total. The number of carbonyl (C=O) groups is 1. The van der Waals surface area contributed by atoms with Crippen molar-refractivity contribution >= 4 is 34.5 Å². The van der Waals surface area contributed by atoms with Crippen LogP contribution in [0.25, 0.3) is 0 Å². The molecule has 1 amide bonds. The van der Waals surface area contributed by atoms with Crippen molar-refractivity contribution in [3.63, 3.8) is 0 Å². The number of pyridine rings is 1. The standard InChI is InChI=1S/C13H13ClN2OS/c1-7-5-11(18-9(7)3)13(17)16-10-4-8(2)12(14)15-6-10/h4-6H,1-3H3,(H,16,17). The summed E-state index contributed by atoms with van der Waals surface area (Å²) in [6.45, 7) is 5.85. The van der Waals surface area contributed by atoms with E-state index in [-0.39, 0.29) is 5.91 Å². The molecule has 94 valence electrons. The first-order valence-corrected chi connectivity index (χ1v) is 6.67. The van der Waals surface area contributed by atoms with E-state index < -0.39 is 0 Å². The van der Waals surface area contributed by atoms with E-state index in [0.717, 1.165) is 16.0 Å². The maximum absolute atomic E-state index is 12.0. The Morgan fingerprint density at radius 2 is 2.00 bits per heavy atom. The molecule has 5 heteroatoms. The van der Waals surface area contributed by atoms with Crippen molar-refractivity contribution in [1.29, 1.82) is 0 Å². The fourth-order valence-corrected chi connectivity index (χ4v) is 2.54. The van der Waals surface area contributed by atoms with Crippen LogP contribution in [0.5, 0.6) is 0 Å². The van der Waals surface area contributed by atoms with Crippen molar-refractivity contribution < 1.29 is 4.79 Å². The molecule has 0 aliphatic carbocycles. The van der Waals surface area contributed by atoms with Gasteiger partial charge < -0.3 is 5.32 Å². The van der Waals surface area contributed by atoms with Crippen LogP contribution in [0.4, 0.5) is 5.69 Å². The van der Waals surface area contributed by atoms with Gasteiger partial charge in [-0.3, -0.25) is 4.79 Å². The first kappa shape index (κ1) is 13.1. The van der Waals surface area contributed by atoms with Crippen LogP contribution in [-0.2, 0) is 0 Å². The molecule has 2 aromatic heterocycles. The number of thiophene rings is 1. The third-order valence-electron chi connectivity index (χ3n) is 2.66. The Bertz CT molecular complexity index is 588. The van der Waals surface area contributed by atoms with E-state index in [0.29, 0.717) is 15.7 Å². The summed E-state index contributed by atoms with van der Waals surface area (Å²) in [5.74, 6) is -0.111. The Labute approximate surface area is 115 Å². The molecule has 2 aromatic rings. The monoisotopic (exact) mass is 280 g/mol. The number of aryl methyl sites for hydroxylation is 3. The number of anilines is 1. The van der Waals surface area contributed by atoms with Crippen molar-refractivity contribution in [2.45, 2.75) is 20.8 Å². The van der Waals surface area contributed by atoms with E-state index in [1.807, 2.05) is 26.8 Å². The Morgan fingerprint density at radius 3 is 2.56 bits per heavy atom. The number of amides is 1. The van der Waals surface area contributed by atoms with Gasteiger partial charge in [-0.05, 0) is 44.0 Å². The molecule has 0 radical (unpaired) electrons. The summed E-state index contributed by atoms with van der Waals surface area (Å²) < 4.78 is 0. The largest absolute Gasteiger partial charge is 0.320 e. The number of aromatic nitrogens is 1. The number of carbonyl (C=O) groups excluding carboxylic acids is 1. The predicted molar refractivity (Wildman–Crippen MR) is 75.7 cm³/mol. The number of halogens is 1. The van der Waals surface area contributed by atoms with Gasteiger partial charge in [-0.2, -0.15) is 0 Å². The van der Waals surface area contributed by atoms with E-state index in [4.69, 9.17) is 11.6 Å². The number of hydrogen-bond donors (Lipinski definition) is 1. The van der Waals surface area contributed by atoms with Crippen LogP contribution in [0, 0.1) is 20.8 Å². The number of nitrogens with zero attached hydrogens (tertiary/aromatic N) is 1. The van der Waals surface area contributed by atoms with Gasteiger partial charge in [-0.1, -0.05) is 11.6 Å². The highest BCUT2D eigenvalue weighted by Gasteiger charge is 2.11. The quantitative estimate of drug-likeness (QED) is 0.846. The summed E-state index contributed by atoms with van der Waals surface area (Å²) in [5, 5.41) is 3.27. The minimum atomic E-state index is -0.111. The minimum Gasteiger partial charge on any atom is -0.320 e. The smallest absolute Gasteiger partial charge is 0.265 e. The molecule has 3 nitrogen and oxygen atoms in total. The molecule has 0 bridgehead atoms. The van der Waals surface area contributed by atoms with E-state index in [2.05, 4.69) is 10.3 Å². The summed E-state index contributed by atoms with van der Waals surface area (Å²) in [6, 6.07) is 3.70. The SMILES string of the molecule is Cc1cc(NC(=O)c2cc(C)c(C)s2)cnc1Cl. The number of nitrogens with one attached hydrogen (secondary N) is 1. The summed E-state index contributed by atoms with van der Waals surface area (Å²) in [6.07, 6.45) is 1.56. The molecule has 0 saturated heterocycles. The van der Waals surface area contributed by atoms with Crippen LogP contribution in [0.1, 0.15) is 25.7 Å². The van der Waals surface area contributed by atoms with Gasteiger partial charge in [-0.25, -0.2) is 4.98 Å². The predicted octanol–water partition coefficient (Wildman–Crippen LogP) is 3.97. The molecule has 0 unspecified atom stereocenters. The Balaban J connectivity index is 2.18. The zero-order valence-electron chi connectivity index (χ0n) is 10.4. The van der Waals surface area contributed by atoms with Crippen molar-refractivity contribution in [3.05, 3.63) is 44.4 Å². The van der Waals surface area contributed by atoms with Crippen molar-refractivity contribution in [1.82, 2.24) is 4.98 Å². The highest BCUT2D eigenvalue weighted by Crippen LogP contribution is 2.22. The average molecular weight is 281 g/mol. The molecule has 0 aromatic carbocycles. The van der Waals surface area contributed by atoms with Gasteiger partial charge in [0.25, 0.3) is 5.91 Å². The Kier molecular flexibility index (Phi) is 3.68. The fraction of sp³-hybridized carbons (Fsp3) is 0.231.